The summed E-state index contributed by atoms with van der Waals surface area (Å²) < 4.78 is 5.67. The lowest BCUT2D eigenvalue weighted by atomic mass is 9.96. The highest BCUT2D eigenvalue weighted by Crippen LogP contribution is 2.32. The third-order valence-electron chi connectivity index (χ3n) is 5.68. The molecular formula is C24H26N4O3. The number of aromatic nitrogens is 2. The van der Waals surface area contributed by atoms with Crippen molar-refractivity contribution in [2.45, 2.75) is 25.7 Å². The normalized spacial score (nSPS) is 18.2. The Labute approximate surface area is 181 Å². The Hall–Kier alpha value is -3.48. The highest BCUT2D eigenvalue weighted by Gasteiger charge is 2.39. The van der Waals surface area contributed by atoms with E-state index < -0.39 is 0 Å². The van der Waals surface area contributed by atoms with E-state index in [1.807, 2.05) is 53.4 Å². The second-order valence-electron chi connectivity index (χ2n) is 7.89. The van der Waals surface area contributed by atoms with Gasteiger partial charge in [0.1, 0.15) is 0 Å². The summed E-state index contributed by atoms with van der Waals surface area (Å²) in [4.78, 5) is 27.2. The number of hydrogen-bond donors (Lipinski definition) is 1. The van der Waals surface area contributed by atoms with Crippen LogP contribution in [0.5, 0.6) is 0 Å². The summed E-state index contributed by atoms with van der Waals surface area (Å²) in [5, 5.41) is 11.1. The molecule has 0 saturated carbocycles. The number of carbonyl (C=O) groups is 2. The summed E-state index contributed by atoms with van der Waals surface area (Å²) in [5.41, 5.74) is 1.76. The Balaban J connectivity index is 1.41. The van der Waals surface area contributed by atoms with Crippen molar-refractivity contribution < 1.29 is 14.0 Å². The maximum atomic E-state index is 12.9. The van der Waals surface area contributed by atoms with Crippen LogP contribution >= 0.6 is 0 Å². The SMILES string of the molecule is Cc1nnc([C@H]2CN(C(=O)CCc3ccccc3)C[C@@H]2CNC(=O)c2ccccc2)o1. The van der Waals surface area contributed by atoms with Crippen LogP contribution in [0.3, 0.4) is 0 Å². The molecule has 4 rings (SSSR count). The first-order valence-corrected chi connectivity index (χ1v) is 10.5. The number of aryl methyl sites for hydroxylation is 2. The van der Waals surface area contributed by atoms with Crippen molar-refractivity contribution in [2.24, 2.45) is 5.92 Å². The molecule has 1 fully saturated rings. The van der Waals surface area contributed by atoms with Crippen LogP contribution in [0.25, 0.3) is 0 Å². The van der Waals surface area contributed by atoms with Crippen molar-refractivity contribution in [3.8, 4) is 0 Å². The first kappa shape index (κ1) is 20.8. The van der Waals surface area contributed by atoms with E-state index in [0.29, 0.717) is 49.8 Å². The minimum absolute atomic E-state index is 0.00758. The molecule has 160 valence electrons. The van der Waals surface area contributed by atoms with Gasteiger partial charge in [-0.2, -0.15) is 0 Å². The zero-order valence-corrected chi connectivity index (χ0v) is 17.5. The van der Waals surface area contributed by atoms with E-state index in [0.717, 1.165) is 5.56 Å². The molecule has 0 bridgehead atoms. The summed E-state index contributed by atoms with van der Waals surface area (Å²) in [6, 6.07) is 19.1. The van der Waals surface area contributed by atoms with E-state index in [4.69, 9.17) is 4.42 Å². The molecule has 0 aliphatic carbocycles. The van der Waals surface area contributed by atoms with E-state index >= 15 is 0 Å². The average Bonchev–Trinajstić information content (AvgIpc) is 3.43. The predicted molar refractivity (Wildman–Crippen MR) is 115 cm³/mol. The van der Waals surface area contributed by atoms with Gasteiger partial charge in [0.2, 0.25) is 17.7 Å². The van der Waals surface area contributed by atoms with Crippen LogP contribution in [-0.2, 0) is 11.2 Å². The maximum Gasteiger partial charge on any atom is 0.251 e. The number of hydrogen-bond acceptors (Lipinski definition) is 5. The Morgan fingerprint density at radius 3 is 2.42 bits per heavy atom. The largest absolute Gasteiger partial charge is 0.425 e. The van der Waals surface area contributed by atoms with Gasteiger partial charge in [-0.3, -0.25) is 9.59 Å². The van der Waals surface area contributed by atoms with E-state index in [1.165, 1.54) is 0 Å². The lowest BCUT2D eigenvalue weighted by Gasteiger charge is -2.17. The number of benzene rings is 2. The van der Waals surface area contributed by atoms with Crippen molar-refractivity contribution in [3.05, 3.63) is 83.6 Å². The van der Waals surface area contributed by atoms with Crippen molar-refractivity contribution in [1.29, 1.82) is 0 Å². The molecule has 3 aromatic rings. The molecule has 2 heterocycles. The smallest absolute Gasteiger partial charge is 0.251 e. The lowest BCUT2D eigenvalue weighted by Crippen LogP contribution is -2.33. The summed E-state index contributed by atoms with van der Waals surface area (Å²) in [5.74, 6) is 0.897. The Morgan fingerprint density at radius 1 is 1.03 bits per heavy atom. The maximum absolute atomic E-state index is 12.9. The molecular weight excluding hydrogens is 392 g/mol. The van der Waals surface area contributed by atoms with Crippen LogP contribution < -0.4 is 5.32 Å². The van der Waals surface area contributed by atoms with Gasteiger partial charge in [-0.25, -0.2) is 0 Å². The summed E-state index contributed by atoms with van der Waals surface area (Å²) in [6.07, 6.45) is 1.15. The van der Waals surface area contributed by atoms with Crippen molar-refractivity contribution >= 4 is 11.8 Å². The number of amides is 2. The predicted octanol–water partition coefficient (Wildman–Crippen LogP) is 2.98. The van der Waals surface area contributed by atoms with E-state index in [9.17, 15) is 9.59 Å². The Morgan fingerprint density at radius 2 is 1.74 bits per heavy atom. The van der Waals surface area contributed by atoms with E-state index in [2.05, 4.69) is 15.5 Å². The van der Waals surface area contributed by atoms with Gasteiger partial charge in [-0.15, -0.1) is 10.2 Å². The van der Waals surface area contributed by atoms with Crippen LogP contribution in [0.2, 0.25) is 0 Å². The van der Waals surface area contributed by atoms with Gasteiger partial charge in [0.15, 0.2) is 0 Å². The number of nitrogens with one attached hydrogen (secondary N) is 1. The molecule has 31 heavy (non-hydrogen) atoms. The van der Waals surface area contributed by atoms with Gasteiger partial charge in [-0.05, 0) is 24.1 Å². The minimum atomic E-state index is -0.130. The molecule has 0 spiro atoms. The summed E-state index contributed by atoms with van der Waals surface area (Å²) in [6.45, 7) is 3.25. The fraction of sp³-hybridized carbons (Fsp3) is 0.333. The fourth-order valence-electron chi connectivity index (χ4n) is 3.99. The van der Waals surface area contributed by atoms with Gasteiger partial charge in [0.25, 0.3) is 5.91 Å². The molecule has 1 aliphatic rings. The van der Waals surface area contributed by atoms with Gasteiger partial charge < -0.3 is 14.6 Å². The van der Waals surface area contributed by atoms with Crippen molar-refractivity contribution in [2.75, 3.05) is 19.6 Å². The van der Waals surface area contributed by atoms with E-state index in [1.54, 1.807) is 19.1 Å². The molecule has 0 radical (unpaired) electrons. The van der Waals surface area contributed by atoms with Crippen LogP contribution in [0, 0.1) is 12.8 Å². The molecule has 7 nitrogen and oxygen atoms in total. The number of rotatable bonds is 7. The van der Waals surface area contributed by atoms with Crippen LogP contribution in [0.4, 0.5) is 0 Å². The quantitative estimate of drug-likeness (QED) is 0.637. The summed E-state index contributed by atoms with van der Waals surface area (Å²) >= 11 is 0. The Bertz CT molecular complexity index is 1020. The highest BCUT2D eigenvalue weighted by atomic mass is 16.4. The first-order valence-electron chi connectivity index (χ1n) is 10.5. The monoisotopic (exact) mass is 418 g/mol. The second-order valence-corrected chi connectivity index (χ2v) is 7.89. The topological polar surface area (TPSA) is 88.3 Å². The molecule has 2 atom stereocenters. The molecule has 0 unspecified atom stereocenters. The van der Waals surface area contributed by atoms with Gasteiger partial charge in [0, 0.05) is 44.5 Å². The lowest BCUT2D eigenvalue weighted by molar-refractivity contribution is -0.130. The Kier molecular flexibility index (Phi) is 6.40. The average molecular weight is 418 g/mol. The number of carbonyl (C=O) groups excluding carboxylic acids is 2. The van der Waals surface area contributed by atoms with Crippen LogP contribution in [0.15, 0.2) is 65.1 Å². The van der Waals surface area contributed by atoms with Crippen LogP contribution in [0.1, 0.15) is 40.0 Å². The third-order valence-corrected chi connectivity index (χ3v) is 5.68. The molecule has 1 saturated heterocycles. The van der Waals surface area contributed by atoms with E-state index in [-0.39, 0.29) is 23.7 Å². The zero-order valence-electron chi connectivity index (χ0n) is 17.5. The second kappa shape index (κ2) is 9.55. The van der Waals surface area contributed by atoms with Gasteiger partial charge >= 0.3 is 0 Å². The number of nitrogens with zero attached hydrogens (tertiary/aromatic N) is 3. The molecule has 2 aromatic carbocycles. The third kappa shape index (κ3) is 5.17. The van der Waals surface area contributed by atoms with Crippen LogP contribution in [-0.4, -0.2) is 46.5 Å². The molecule has 1 aliphatic heterocycles. The molecule has 2 amide bonds. The molecule has 1 aromatic heterocycles. The first-order chi connectivity index (χ1) is 15.1. The number of likely N-dealkylation sites (tertiary alicyclic amines) is 1. The molecule has 1 N–H and O–H groups in total. The fourth-order valence-corrected chi connectivity index (χ4v) is 3.99. The highest BCUT2D eigenvalue weighted by molar-refractivity contribution is 5.94. The van der Waals surface area contributed by atoms with Crippen molar-refractivity contribution in [3.63, 3.8) is 0 Å². The molecule has 7 heteroatoms. The van der Waals surface area contributed by atoms with Gasteiger partial charge in [-0.1, -0.05) is 48.5 Å². The minimum Gasteiger partial charge on any atom is -0.425 e. The summed E-state index contributed by atoms with van der Waals surface area (Å²) in [7, 11) is 0. The van der Waals surface area contributed by atoms with Crippen molar-refractivity contribution in [1.82, 2.24) is 20.4 Å². The standard InChI is InChI=1S/C24H26N4O3/c1-17-26-27-24(31-17)21-16-28(22(29)13-12-18-8-4-2-5-9-18)15-20(21)14-25-23(30)19-10-6-3-7-11-19/h2-11,20-21H,12-16H2,1H3,(H,25,30)/t20-,21-/m0/s1. The van der Waals surface area contributed by atoms with Gasteiger partial charge in [0.05, 0.1) is 5.92 Å². The zero-order chi connectivity index (χ0) is 21.6.